The summed E-state index contributed by atoms with van der Waals surface area (Å²) in [5, 5.41) is 10.6. The number of anilines is 1. The predicted octanol–water partition coefficient (Wildman–Crippen LogP) is 1.52. The molecule has 3 heterocycles. The molecule has 0 radical (unpaired) electrons. The van der Waals surface area contributed by atoms with Crippen molar-refractivity contribution in [2.45, 2.75) is 25.5 Å². The monoisotopic (exact) mass is 316 g/mol. The summed E-state index contributed by atoms with van der Waals surface area (Å²) in [6, 6.07) is 2.00. The van der Waals surface area contributed by atoms with Gasteiger partial charge in [0, 0.05) is 63.9 Å². The summed E-state index contributed by atoms with van der Waals surface area (Å²) in [5.74, 6) is 1.18. The van der Waals surface area contributed by atoms with E-state index in [9.17, 15) is 0 Å². The third kappa shape index (κ3) is 4.05. The second-order valence-electron chi connectivity index (χ2n) is 6.12. The third-order valence-electron chi connectivity index (χ3n) is 4.10. The zero-order valence-corrected chi connectivity index (χ0v) is 13.7. The Morgan fingerprint density at radius 3 is 2.87 bits per heavy atom. The molecule has 2 atom stereocenters. The van der Waals surface area contributed by atoms with Crippen molar-refractivity contribution >= 4 is 5.95 Å². The highest BCUT2D eigenvalue weighted by atomic mass is 16.5. The molecule has 3 rings (SSSR count). The van der Waals surface area contributed by atoms with E-state index < -0.39 is 0 Å². The van der Waals surface area contributed by atoms with E-state index in [-0.39, 0.29) is 6.10 Å². The lowest BCUT2D eigenvalue weighted by Gasteiger charge is -2.31. The van der Waals surface area contributed by atoms with Crippen LogP contribution in [0.1, 0.15) is 30.2 Å². The predicted molar refractivity (Wildman–Crippen MR) is 88.1 cm³/mol. The molecular weight excluding hydrogens is 292 g/mol. The molecule has 1 fully saturated rings. The molecule has 0 saturated carbocycles. The lowest BCUT2D eigenvalue weighted by atomic mass is 9.92. The molecule has 124 valence electrons. The maximum Gasteiger partial charge on any atom is 0.224 e. The van der Waals surface area contributed by atoms with Crippen molar-refractivity contribution < 1.29 is 4.74 Å². The second kappa shape index (κ2) is 7.52. The lowest BCUT2D eigenvalue weighted by Crippen LogP contribution is -2.32. The summed E-state index contributed by atoms with van der Waals surface area (Å²) in [5.41, 5.74) is 2.15. The number of hydrogen-bond acceptors (Lipinski definition) is 6. The van der Waals surface area contributed by atoms with E-state index in [1.54, 1.807) is 6.20 Å². The molecule has 23 heavy (non-hydrogen) atoms. The number of ether oxygens (including phenoxy) is 1. The molecule has 0 amide bonds. The van der Waals surface area contributed by atoms with Crippen LogP contribution in [0.2, 0.25) is 0 Å². The van der Waals surface area contributed by atoms with Crippen molar-refractivity contribution in [1.82, 2.24) is 25.5 Å². The standard InChI is InChI=1S/C16H24N6O/c1-22(2)16-18-9-12(10-19-16)8-17-11-13-4-3-7-23-15(13)14-5-6-20-21-14/h5-6,9-10,13,15,17H,3-4,7-8,11H2,1-2H3,(H,20,21)/t13-,15+/m0/s1. The SMILES string of the molecule is CN(C)c1ncc(CNC[C@@H]2CCCO[C@H]2c2ccn[nH]2)cn1. The van der Waals surface area contributed by atoms with Gasteiger partial charge in [0.05, 0.1) is 5.69 Å². The Labute approximate surface area is 136 Å². The Morgan fingerprint density at radius 2 is 2.17 bits per heavy atom. The van der Waals surface area contributed by atoms with E-state index in [0.29, 0.717) is 5.92 Å². The third-order valence-corrected chi connectivity index (χ3v) is 4.10. The van der Waals surface area contributed by atoms with Crippen molar-refractivity contribution in [3.8, 4) is 0 Å². The van der Waals surface area contributed by atoms with Gasteiger partial charge in [-0.1, -0.05) is 0 Å². The summed E-state index contributed by atoms with van der Waals surface area (Å²) >= 11 is 0. The number of hydrogen-bond donors (Lipinski definition) is 2. The summed E-state index contributed by atoms with van der Waals surface area (Å²) in [7, 11) is 3.87. The van der Waals surface area contributed by atoms with Gasteiger partial charge in [-0.2, -0.15) is 5.10 Å². The minimum Gasteiger partial charge on any atom is -0.372 e. The smallest absolute Gasteiger partial charge is 0.224 e. The number of aromatic nitrogens is 4. The van der Waals surface area contributed by atoms with E-state index in [0.717, 1.165) is 49.7 Å². The molecule has 1 saturated heterocycles. The van der Waals surface area contributed by atoms with E-state index in [1.165, 1.54) is 0 Å². The Bertz CT molecular complexity index is 583. The van der Waals surface area contributed by atoms with Gasteiger partial charge in [-0.3, -0.25) is 5.10 Å². The van der Waals surface area contributed by atoms with Gasteiger partial charge in [-0.15, -0.1) is 0 Å². The average Bonchev–Trinajstić information content (AvgIpc) is 3.10. The van der Waals surface area contributed by atoms with Crippen LogP contribution < -0.4 is 10.2 Å². The first-order valence-electron chi connectivity index (χ1n) is 8.04. The Morgan fingerprint density at radius 1 is 1.35 bits per heavy atom. The maximum atomic E-state index is 5.94. The normalized spacial score (nSPS) is 21.3. The van der Waals surface area contributed by atoms with Crippen LogP contribution >= 0.6 is 0 Å². The molecule has 0 unspecified atom stereocenters. The fourth-order valence-electron chi connectivity index (χ4n) is 2.89. The van der Waals surface area contributed by atoms with Gasteiger partial charge in [0.15, 0.2) is 0 Å². The van der Waals surface area contributed by atoms with Crippen molar-refractivity contribution in [1.29, 1.82) is 0 Å². The van der Waals surface area contributed by atoms with Crippen LogP contribution in [0.4, 0.5) is 5.95 Å². The van der Waals surface area contributed by atoms with Crippen molar-refractivity contribution in [3.05, 3.63) is 35.9 Å². The van der Waals surface area contributed by atoms with Gasteiger partial charge in [0.25, 0.3) is 0 Å². The number of rotatable bonds is 6. The molecule has 1 aliphatic rings. The summed E-state index contributed by atoms with van der Waals surface area (Å²) in [6.45, 7) is 2.49. The molecule has 1 aliphatic heterocycles. The molecule has 2 N–H and O–H groups in total. The molecule has 0 bridgehead atoms. The Hall–Kier alpha value is -1.99. The maximum absolute atomic E-state index is 5.94. The summed E-state index contributed by atoms with van der Waals surface area (Å²) in [4.78, 5) is 10.6. The summed E-state index contributed by atoms with van der Waals surface area (Å²) in [6.07, 6.45) is 7.90. The first-order chi connectivity index (χ1) is 11.2. The highest BCUT2D eigenvalue weighted by Gasteiger charge is 2.28. The molecule has 7 heteroatoms. The largest absolute Gasteiger partial charge is 0.372 e. The number of nitrogens with one attached hydrogen (secondary N) is 2. The van der Waals surface area contributed by atoms with Crippen LogP contribution in [0, 0.1) is 5.92 Å². The number of nitrogens with zero attached hydrogens (tertiary/aromatic N) is 4. The van der Waals surface area contributed by atoms with Crippen molar-refractivity contribution in [2.24, 2.45) is 5.92 Å². The van der Waals surface area contributed by atoms with Gasteiger partial charge >= 0.3 is 0 Å². The lowest BCUT2D eigenvalue weighted by molar-refractivity contribution is -0.0303. The van der Waals surface area contributed by atoms with Gasteiger partial charge in [0.1, 0.15) is 6.10 Å². The van der Waals surface area contributed by atoms with Crippen molar-refractivity contribution in [2.75, 3.05) is 32.1 Å². The van der Waals surface area contributed by atoms with Crippen LogP contribution in [0.3, 0.4) is 0 Å². The first-order valence-corrected chi connectivity index (χ1v) is 8.04. The highest BCUT2D eigenvalue weighted by Crippen LogP contribution is 2.31. The number of aromatic amines is 1. The minimum atomic E-state index is 0.103. The van der Waals surface area contributed by atoms with Crippen LogP contribution in [0.25, 0.3) is 0 Å². The van der Waals surface area contributed by atoms with Crippen LogP contribution in [0.5, 0.6) is 0 Å². The second-order valence-corrected chi connectivity index (χ2v) is 6.12. The molecule has 2 aromatic rings. The van der Waals surface area contributed by atoms with E-state index >= 15 is 0 Å². The van der Waals surface area contributed by atoms with Crippen LogP contribution in [-0.4, -0.2) is 47.4 Å². The fourth-order valence-corrected chi connectivity index (χ4v) is 2.89. The fraction of sp³-hybridized carbons (Fsp3) is 0.562. The molecule has 0 spiro atoms. The quantitative estimate of drug-likeness (QED) is 0.841. The highest BCUT2D eigenvalue weighted by molar-refractivity contribution is 5.26. The van der Waals surface area contributed by atoms with E-state index in [2.05, 4.69) is 25.5 Å². The zero-order chi connectivity index (χ0) is 16.1. The molecule has 2 aromatic heterocycles. The van der Waals surface area contributed by atoms with Gasteiger partial charge in [-0.25, -0.2) is 9.97 Å². The Kier molecular flexibility index (Phi) is 5.19. The molecule has 7 nitrogen and oxygen atoms in total. The van der Waals surface area contributed by atoms with Gasteiger partial charge < -0.3 is 15.0 Å². The van der Waals surface area contributed by atoms with Crippen LogP contribution in [0.15, 0.2) is 24.7 Å². The molecule has 0 aliphatic carbocycles. The van der Waals surface area contributed by atoms with Gasteiger partial charge in [0.2, 0.25) is 5.95 Å². The number of H-pyrrole nitrogens is 1. The first kappa shape index (κ1) is 15.9. The van der Waals surface area contributed by atoms with Crippen LogP contribution in [-0.2, 0) is 11.3 Å². The minimum absolute atomic E-state index is 0.103. The summed E-state index contributed by atoms with van der Waals surface area (Å²) < 4.78 is 5.94. The topological polar surface area (TPSA) is 79.0 Å². The van der Waals surface area contributed by atoms with Crippen molar-refractivity contribution in [3.63, 3.8) is 0 Å². The average molecular weight is 316 g/mol. The molecular formula is C16H24N6O. The van der Waals surface area contributed by atoms with E-state index in [1.807, 2.05) is 37.5 Å². The zero-order valence-electron chi connectivity index (χ0n) is 13.7. The van der Waals surface area contributed by atoms with Gasteiger partial charge in [-0.05, 0) is 18.9 Å². The molecule has 0 aromatic carbocycles. The van der Waals surface area contributed by atoms with E-state index in [4.69, 9.17) is 4.74 Å². The Balaban J connectivity index is 1.52.